The van der Waals surface area contributed by atoms with Crippen LogP contribution in [0.1, 0.15) is 44.7 Å². The first-order valence-electron chi connectivity index (χ1n) is 11.4. The van der Waals surface area contributed by atoms with E-state index in [1.807, 2.05) is 0 Å². The Balaban J connectivity index is 0.000000394. The summed E-state index contributed by atoms with van der Waals surface area (Å²) in [5.41, 5.74) is 0.0851. The molecule has 0 amide bonds. The number of H-pyrrole nitrogens is 2. The van der Waals surface area contributed by atoms with E-state index < -0.39 is 41.1 Å². The summed E-state index contributed by atoms with van der Waals surface area (Å²) in [5.74, 6) is -4.23. The molecule has 4 rings (SSSR count). The monoisotopic (exact) mass is 556 g/mol. The van der Waals surface area contributed by atoms with Gasteiger partial charge in [-0.1, -0.05) is 12.1 Å². The number of rotatable bonds is 7. The standard InChI is InChI=1S/C15H17FN2O4.C10H9FN2O2.Na.H2O/c1-4-21-13(19)15(3,14(20)22-5-2)9-6-7-11-10(8-9)12(16)18-17-11;1-5(10(14)15)6-2-3-8-7(4-6)9(11)13-12-8;;/h6-8H,4-5H2,1-3H3,(H,17,18);2-5H,1H3,(H,12,13)(H,14,15);;1H2/q;;+1;/p-1. The van der Waals surface area contributed by atoms with Crippen LogP contribution in [0.25, 0.3) is 21.8 Å². The van der Waals surface area contributed by atoms with Crippen LogP contribution >= 0.6 is 0 Å². The van der Waals surface area contributed by atoms with E-state index in [2.05, 4.69) is 20.4 Å². The molecule has 1 unspecified atom stereocenters. The molecule has 39 heavy (non-hydrogen) atoms. The van der Waals surface area contributed by atoms with Crippen LogP contribution in [0.3, 0.4) is 0 Å². The number of halogens is 2. The molecule has 0 fully saturated rings. The molecule has 0 saturated carbocycles. The Morgan fingerprint density at radius 3 is 1.85 bits per heavy atom. The fourth-order valence-electron chi connectivity index (χ4n) is 3.57. The van der Waals surface area contributed by atoms with Crippen LogP contribution in [0.15, 0.2) is 36.4 Å². The van der Waals surface area contributed by atoms with Crippen molar-refractivity contribution in [3.63, 3.8) is 0 Å². The average Bonchev–Trinajstić information content (AvgIpc) is 3.45. The molecule has 0 aliphatic rings. The Morgan fingerprint density at radius 2 is 1.38 bits per heavy atom. The van der Waals surface area contributed by atoms with E-state index in [1.165, 1.54) is 31.2 Å². The molecule has 1 atom stereocenters. The minimum absolute atomic E-state index is 0. The minimum Gasteiger partial charge on any atom is -0.870 e. The quantitative estimate of drug-likeness (QED) is 0.169. The number of hydrogen-bond acceptors (Lipinski definition) is 8. The second kappa shape index (κ2) is 14.1. The molecule has 0 aliphatic heterocycles. The van der Waals surface area contributed by atoms with E-state index in [4.69, 9.17) is 14.6 Å². The molecule has 4 N–H and O–H groups in total. The van der Waals surface area contributed by atoms with Crippen molar-refractivity contribution in [3.05, 3.63) is 59.4 Å². The second-order valence-corrected chi connectivity index (χ2v) is 8.21. The summed E-state index contributed by atoms with van der Waals surface area (Å²) in [5, 5.41) is 21.2. The number of carboxylic acids is 1. The smallest absolute Gasteiger partial charge is 0.870 e. The second-order valence-electron chi connectivity index (χ2n) is 8.21. The molecule has 0 bridgehead atoms. The van der Waals surface area contributed by atoms with Crippen LogP contribution in [-0.2, 0) is 29.3 Å². The third-order valence-corrected chi connectivity index (χ3v) is 5.85. The van der Waals surface area contributed by atoms with Crippen molar-refractivity contribution < 1.29 is 72.8 Å². The number of aromatic amines is 2. The van der Waals surface area contributed by atoms with Crippen molar-refractivity contribution in [1.29, 1.82) is 0 Å². The van der Waals surface area contributed by atoms with Gasteiger partial charge in [-0.25, -0.2) is 0 Å². The first-order chi connectivity index (χ1) is 17.5. The van der Waals surface area contributed by atoms with E-state index >= 15 is 0 Å². The third kappa shape index (κ3) is 6.98. The largest absolute Gasteiger partial charge is 1.00 e. The van der Waals surface area contributed by atoms with Gasteiger partial charge in [0.05, 0.1) is 40.9 Å². The maximum atomic E-state index is 13.7. The molecule has 0 aliphatic carbocycles. The van der Waals surface area contributed by atoms with Gasteiger partial charge in [0.25, 0.3) is 0 Å². The number of carbonyl (C=O) groups is 3. The summed E-state index contributed by atoms with van der Waals surface area (Å²) >= 11 is 0. The molecule has 4 aromatic rings. The molecule has 14 heteroatoms. The number of esters is 2. The maximum Gasteiger partial charge on any atom is 1.00 e. The van der Waals surface area contributed by atoms with Crippen molar-refractivity contribution in [3.8, 4) is 0 Å². The molecule has 0 radical (unpaired) electrons. The zero-order valence-corrected chi connectivity index (χ0v) is 24.0. The molecule has 2 heterocycles. The van der Waals surface area contributed by atoms with Crippen molar-refractivity contribution in [2.45, 2.75) is 39.0 Å². The number of nitrogens with one attached hydrogen (secondary N) is 2. The van der Waals surface area contributed by atoms with Crippen molar-refractivity contribution in [2.75, 3.05) is 13.2 Å². The predicted octanol–water partition coefficient (Wildman–Crippen LogP) is 0.803. The Bertz CT molecular complexity index is 1440. The number of carboxylic acid groups (broad SMARTS) is 1. The summed E-state index contributed by atoms with van der Waals surface area (Å²) in [6.07, 6.45) is 0. The fraction of sp³-hybridized carbons (Fsp3) is 0.320. The van der Waals surface area contributed by atoms with Gasteiger partial charge in [-0.15, -0.1) is 0 Å². The number of fused-ring (bicyclic) bond motifs is 2. The summed E-state index contributed by atoms with van der Waals surface area (Å²) in [6.45, 7) is 6.49. The van der Waals surface area contributed by atoms with Crippen LogP contribution in [0.5, 0.6) is 0 Å². The Hall–Kier alpha value is -3.39. The van der Waals surface area contributed by atoms with Gasteiger partial charge in [0.2, 0.25) is 11.9 Å². The molecule has 0 saturated heterocycles. The Labute approximate surface area is 243 Å². The number of aliphatic carboxylic acids is 1. The van der Waals surface area contributed by atoms with Crippen LogP contribution in [0, 0.1) is 11.9 Å². The number of hydrogen-bond donors (Lipinski definition) is 3. The number of carbonyl (C=O) groups excluding carboxylic acids is 2. The zero-order chi connectivity index (χ0) is 27.3. The summed E-state index contributed by atoms with van der Waals surface area (Å²) in [7, 11) is 0. The Morgan fingerprint density at radius 1 is 0.923 bits per heavy atom. The number of ether oxygens (including phenoxy) is 2. The van der Waals surface area contributed by atoms with Crippen LogP contribution in [-0.4, -0.2) is 62.1 Å². The summed E-state index contributed by atoms with van der Waals surface area (Å²) in [6, 6.07) is 9.22. The zero-order valence-electron chi connectivity index (χ0n) is 22.0. The van der Waals surface area contributed by atoms with Crippen LogP contribution in [0.2, 0.25) is 0 Å². The topological polar surface area (TPSA) is 177 Å². The van der Waals surface area contributed by atoms with E-state index in [0.29, 0.717) is 22.0 Å². The van der Waals surface area contributed by atoms with Crippen LogP contribution < -0.4 is 29.6 Å². The number of benzene rings is 2. The number of aromatic nitrogens is 4. The molecular formula is C25H27F2N4NaO7. The molecule has 2 aromatic carbocycles. The van der Waals surface area contributed by atoms with Gasteiger partial charge in [0, 0.05) is 0 Å². The van der Waals surface area contributed by atoms with E-state index in [1.54, 1.807) is 32.9 Å². The van der Waals surface area contributed by atoms with E-state index in [0.717, 1.165) is 0 Å². The van der Waals surface area contributed by atoms with Crippen molar-refractivity contribution >= 4 is 39.7 Å². The molecule has 11 nitrogen and oxygen atoms in total. The first kappa shape index (κ1) is 33.6. The third-order valence-electron chi connectivity index (χ3n) is 5.85. The van der Waals surface area contributed by atoms with E-state index in [9.17, 15) is 23.2 Å². The van der Waals surface area contributed by atoms with Crippen molar-refractivity contribution in [2.24, 2.45) is 0 Å². The number of nitrogens with zero attached hydrogens (tertiary/aromatic N) is 2. The van der Waals surface area contributed by atoms with Gasteiger partial charge >= 0.3 is 47.5 Å². The molecular weight excluding hydrogens is 529 g/mol. The first-order valence-corrected chi connectivity index (χ1v) is 11.4. The SMILES string of the molecule is CC(C(=O)O)c1ccc2n[nH]c(F)c2c1.CCOC(=O)C(C)(C(=O)OCC)c1ccc2n[nH]c(F)c2c1.[Na+].[OH-]. The minimum atomic E-state index is -1.66. The van der Waals surface area contributed by atoms with Crippen LogP contribution in [0.4, 0.5) is 8.78 Å². The van der Waals surface area contributed by atoms with Gasteiger partial charge in [0.1, 0.15) is 0 Å². The van der Waals surface area contributed by atoms with Gasteiger partial charge in [-0.3, -0.25) is 24.6 Å². The van der Waals surface area contributed by atoms with Gasteiger partial charge < -0.3 is 20.1 Å². The summed E-state index contributed by atoms with van der Waals surface area (Å²) in [4.78, 5) is 35.3. The van der Waals surface area contributed by atoms with Crippen molar-refractivity contribution in [1.82, 2.24) is 20.4 Å². The van der Waals surface area contributed by atoms with Gasteiger partial charge in [-0.2, -0.15) is 19.0 Å². The maximum absolute atomic E-state index is 13.7. The molecule has 204 valence electrons. The van der Waals surface area contributed by atoms with E-state index in [-0.39, 0.29) is 59.2 Å². The van der Waals surface area contributed by atoms with Gasteiger partial charge in [0.15, 0.2) is 5.41 Å². The van der Waals surface area contributed by atoms with Gasteiger partial charge in [-0.05, 0) is 63.1 Å². The molecule has 2 aromatic heterocycles. The normalized spacial score (nSPS) is 11.4. The summed E-state index contributed by atoms with van der Waals surface area (Å²) < 4.78 is 36.8. The fourth-order valence-corrected chi connectivity index (χ4v) is 3.57. The predicted molar refractivity (Wildman–Crippen MR) is 131 cm³/mol. The Kier molecular flexibility index (Phi) is 12.2. The average molecular weight is 556 g/mol. The molecule has 0 spiro atoms.